The predicted molar refractivity (Wildman–Crippen MR) is 145 cm³/mol. The number of amides is 2. The standard InChI is InChI=1S/C30H33N3O6/c1-3-10-32-23-7-5-4-6-22(23)30(29(32)37)25(26(34)20-8-9-24-21(18-20)17-19(2)39-24)27(35)28(36)33(30)12-11-31-13-15-38-16-14-31/h4-9,18-19,34H,3,10-17H2,1-2H3/b26-25-. The van der Waals surface area contributed by atoms with Crippen LogP contribution in [0.4, 0.5) is 5.69 Å². The summed E-state index contributed by atoms with van der Waals surface area (Å²) < 4.78 is 11.3. The highest BCUT2D eigenvalue weighted by molar-refractivity contribution is 6.50. The fourth-order valence-corrected chi connectivity index (χ4v) is 6.39. The number of hydrogen-bond acceptors (Lipinski definition) is 7. The third kappa shape index (κ3) is 3.86. The number of hydrogen-bond donors (Lipinski definition) is 1. The minimum absolute atomic E-state index is 0.00708. The Balaban J connectivity index is 1.53. The maximum Gasteiger partial charge on any atom is 0.296 e. The van der Waals surface area contributed by atoms with Crippen LogP contribution in [0.25, 0.3) is 5.76 Å². The van der Waals surface area contributed by atoms with E-state index in [1.165, 1.54) is 4.90 Å². The Morgan fingerprint density at radius 1 is 1.05 bits per heavy atom. The molecule has 2 saturated heterocycles. The monoisotopic (exact) mass is 531 g/mol. The molecule has 204 valence electrons. The third-order valence-corrected chi connectivity index (χ3v) is 8.17. The Hall–Kier alpha value is -3.69. The van der Waals surface area contributed by atoms with Crippen LogP contribution in [0.1, 0.15) is 37.0 Å². The van der Waals surface area contributed by atoms with Crippen molar-refractivity contribution in [2.45, 2.75) is 38.3 Å². The van der Waals surface area contributed by atoms with Gasteiger partial charge in [-0.3, -0.25) is 19.3 Å². The minimum Gasteiger partial charge on any atom is -0.507 e. The molecule has 0 saturated carbocycles. The second-order valence-electron chi connectivity index (χ2n) is 10.6. The van der Waals surface area contributed by atoms with Gasteiger partial charge in [0, 0.05) is 50.3 Å². The average Bonchev–Trinajstić information content (AvgIpc) is 3.51. The Bertz CT molecular complexity index is 1380. The number of morpholine rings is 1. The van der Waals surface area contributed by atoms with Crippen LogP contribution in [-0.4, -0.2) is 84.5 Å². The molecule has 2 unspecified atom stereocenters. The van der Waals surface area contributed by atoms with Gasteiger partial charge >= 0.3 is 0 Å². The number of aliphatic hydroxyl groups excluding tert-OH is 1. The third-order valence-electron chi connectivity index (χ3n) is 8.17. The lowest BCUT2D eigenvalue weighted by atomic mass is 9.81. The number of likely N-dealkylation sites (tertiary alicyclic amines) is 1. The SMILES string of the molecule is CCCN1C(=O)C2(/C(=C(\O)c3ccc4c(c3)CC(C)O4)C(=O)C(=O)N2CCN2CCOCC2)c2ccccc21. The van der Waals surface area contributed by atoms with E-state index in [0.717, 1.165) is 11.3 Å². The highest BCUT2D eigenvalue weighted by atomic mass is 16.5. The first-order valence-electron chi connectivity index (χ1n) is 13.7. The number of ether oxygens (including phenoxy) is 2. The fraction of sp³-hybridized carbons (Fsp3) is 0.433. The molecule has 4 aliphatic rings. The lowest BCUT2D eigenvalue weighted by molar-refractivity contribution is -0.144. The van der Waals surface area contributed by atoms with Crippen molar-refractivity contribution in [1.29, 1.82) is 0 Å². The molecule has 2 amide bonds. The van der Waals surface area contributed by atoms with Crippen molar-refractivity contribution in [2.75, 3.05) is 50.8 Å². The minimum atomic E-state index is -1.74. The van der Waals surface area contributed by atoms with E-state index in [1.807, 2.05) is 26.0 Å². The molecule has 1 spiro atoms. The predicted octanol–water partition coefficient (Wildman–Crippen LogP) is 2.67. The fourth-order valence-electron chi connectivity index (χ4n) is 6.39. The van der Waals surface area contributed by atoms with E-state index in [-0.39, 0.29) is 29.9 Å². The first-order valence-corrected chi connectivity index (χ1v) is 13.7. The largest absolute Gasteiger partial charge is 0.507 e. The van der Waals surface area contributed by atoms with Crippen LogP contribution >= 0.6 is 0 Å². The maximum atomic E-state index is 14.5. The van der Waals surface area contributed by atoms with E-state index < -0.39 is 17.2 Å². The number of carbonyl (C=O) groups is 3. The number of nitrogens with zero attached hydrogens (tertiary/aromatic N) is 3. The molecular formula is C30H33N3O6. The molecule has 4 heterocycles. The second-order valence-corrected chi connectivity index (χ2v) is 10.6. The van der Waals surface area contributed by atoms with Crippen molar-refractivity contribution in [1.82, 2.24) is 9.80 Å². The first-order chi connectivity index (χ1) is 18.9. The number of aliphatic hydroxyl groups is 1. The summed E-state index contributed by atoms with van der Waals surface area (Å²) in [5.74, 6) is -1.61. The summed E-state index contributed by atoms with van der Waals surface area (Å²) in [6, 6.07) is 12.5. The summed E-state index contributed by atoms with van der Waals surface area (Å²) >= 11 is 0. The van der Waals surface area contributed by atoms with E-state index >= 15 is 0 Å². The van der Waals surface area contributed by atoms with Gasteiger partial charge in [0.2, 0.25) is 0 Å². The van der Waals surface area contributed by atoms with E-state index in [2.05, 4.69) is 4.90 Å². The van der Waals surface area contributed by atoms with Gasteiger partial charge in [0.15, 0.2) is 5.54 Å². The van der Waals surface area contributed by atoms with Crippen molar-refractivity contribution >= 4 is 29.0 Å². The van der Waals surface area contributed by atoms with E-state index in [9.17, 15) is 19.5 Å². The summed E-state index contributed by atoms with van der Waals surface area (Å²) in [4.78, 5) is 47.2. The zero-order valence-electron chi connectivity index (χ0n) is 22.3. The molecule has 2 atom stereocenters. The Morgan fingerprint density at radius 2 is 1.82 bits per heavy atom. The number of carbonyl (C=O) groups excluding carboxylic acids is 3. The molecule has 0 aromatic heterocycles. The lowest BCUT2D eigenvalue weighted by Gasteiger charge is -2.36. The number of benzene rings is 2. The topological polar surface area (TPSA) is 99.6 Å². The van der Waals surface area contributed by atoms with Crippen molar-refractivity contribution in [3.8, 4) is 5.75 Å². The normalized spacial score (nSPS) is 25.9. The smallest absolute Gasteiger partial charge is 0.296 e. The van der Waals surface area contributed by atoms with Gasteiger partial charge < -0.3 is 24.4 Å². The number of fused-ring (bicyclic) bond motifs is 3. The Labute approximate surface area is 227 Å². The number of ketones is 1. The van der Waals surface area contributed by atoms with E-state index in [4.69, 9.17) is 9.47 Å². The summed E-state index contributed by atoms with van der Waals surface area (Å²) in [6.45, 7) is 7.62. The number of rotatable bonds is 6. The van der Waals surface area contributed by atoms with E-state index in [0.29, 0.717) is 69.0 Å². The van der Waals surface area contributed by atoms with Crippen LogP contribution in [0.5, 0.6) is 5.75 Å². The molecule has 6 rings (SSSR count). The molecule has 0 bridgehead atoms. The molecule has 2 aromatic carbocycles. The highest BCUT2D eigenvalue weighted by Gasteiger charge is 2.67. The molecule has 2 fully saturated rings. The number of anilines is 1. The Morgan fingerprint density at radius 3 is 2.59 bits per heavy atom. The van der Waals surface area contributed by atoms with Gasteiger partial charge in [0.25, 0.3) is 17.6 Å². The Kier molecular flexibility index (Phi) is 6.43. The van der Waals surface area contributed by atoms with Gasteiger partial charge in [0.05, 0.1) is 24.5 Å². The number of para-hydroxylation sites is 1. The van der Waals surface area contributed by atoms with Gasteiger partial charge in [0.1, 0.15) is 17.6 Å². The van der Waals surface area contributed by atoms with Crippen molar-refractivity contribution in [3.05, 3.63) is 64.7 Å². The van der Waals surface area contributed by atoms with Crippen molar-refractivity contribution in [3.63, 3.8) is 0 Å². The van der Waals surface area contributed by atoms with Gasteiger partial charge in [-0.15, -0.1) is 0 Å². The van der Waals surface area contributed by atoms with Crippen LogP contribution in [0.3, 0.4) is 0 Å². The van der Waals surface area contributed by atoms with Crippen molar-refractivity contribution < 1.29 is 29.0 Å². The molecule has 1 N–H and O–H groups in total. The molecule has 0 aliphatic carbocycles. The first kappa shape index (κ1) is 25.6. The summed E-state index contributed by atoms with van der Waals surface area (Å²) in [5, 5.41) is 11.8. The van der Waals surface area contributed by atoms with Gasteiger partial charge in [-0.05, 0) is 43.2 Å². The van der Waals surface area contributed by atoms with Crippen LogP contribution in [-0.2, 0) is 31.1 Å². The van der Waals surface area contributed by atoms with Crippen LogP contribution in [0, 0.1) is 0 Å². The van der Waals surface area contributed by atoms with Crippen LogP contribution in [0.15, 0.2) is 48.0 Å². The van der Waals surface area contributed by atoms with Crippen LogP contribution in [0.2, 0.25) is 0 Å². The van der Waals surface area contributed by atoms with Gasteiger partial charge in [-0.2, -0.15) is 0 Å². The summed E-state index contributed by atoms with van der Waals surface area (Å²) in [6.07, 6.45) is 1.37. The summed E-state index contributed by atoms with van der Waals surface area (Å²) in [5.41, 5.74) is 0.592. The summed E-state index contributed by atoms with van der Waals surface area (Å²) in [7, 11) is 0. The van der Waals surface area contributed by atoms with Crippen molar-refractivity contribution in [2.24, 2.45) is 0 Å². The zero-order chi connectivity index (χ0) is 27.3. The maximum absolute atomic E-state index is 14.5. The molecule has 9 nitrogen and oxygen atoms in total. The van der Waals surface area contributed by atoms with Gasteiger partial charge in [-0.25, -0.2) is 0 Å². The highest BCUT2D eigenvalue weighted by Crippen LogP contribution is 2.53. The molecular weight excluding hydrogens is 498 g/mol. The molecule has 39 heavy (non-hydrogen) atoms. The molecule has 9 heteroatoms. The quantitative estimate of drug-likeness (QED) is 0.348. The second kappa shape index (κ2) is 9.81. The zero-order valence-corrected chi connectivity index (χ0v) is 22.3. The average molecular weight is 532 g/mol. The molecule has 2 aromatic rings. The van der Waals surface area contributed by atoms with E-state index in [1.54, 1.807) is 35.2 Å². The molecule has 0 radical (unpaired) electrons. The molecule has 4 aliphatic heterocycles. The lowest BCUT2D eigenvalue weighted by Crippen LogP contribution is -2.54. The number of Topliss-reactive ketones (excluding diaryl/α,β-unsaturated/α-hetero) is 1. The van der Waals surface area contributed by atoms with Crippen LogP contribution < -0.4 is 9.64 Å². The van der Waals surface area contributed by atoms with Gasteiger partial charge in [-0.1, -0.05) is 25.1 Å².